The van der Waals surface area contributed by atoms with Crippen LogP contribution in [0.5, 0.6) is 0 Å². The summed E-state index contributed by atoms with van der Waals surface area (Å²) in [7, 11) is 0. The van der Waals surface area contributed by atoms with E-state index in [4.69, 9.17) is 0 Å². The third kappa shape index (κ3) is 3.01. The zero-order valence-electron chi connectivity index (χ0n) is 8.48. The highest BCUT2D eigenvalue weighted by Gasteiger charge is 2.02. The minimum Gasteiger partial charge on any atom is -0.266 e. The van der Waals surface area contributed by atoms with Crippen molar-refractivity contribution >= 4 is 33.9 Å². The van der Waals surface area contributed by atoms with Crippen molar-refractivity contribution in [3.05, 3.63) is 32.0 Å². The van der Waals surface area contributed by atoms with Gasteiger partial charge < -0.3 is 0 Å². The summed E-state index contributed by atoms with van der Waals surface area (Å²) < 4.78 is 3.09. The number of halogens is 1. The number of aryl methyl sites for hydroxylation is 1. The van der Waals surface area contributed by atoms with Gasteiger partial charge in [-0.1, -0.05) is 6.92 Å². The number of aromatic nitrogens is 3. The fourth-order valence-electron chi connectivity index (χ4n) is 1.34. The minimum absolute atomic E-state index is 0.781. The summed E-state index contributed by atoms with van der Waals surface area (Å²) >= 11 is 4.01. The van der Waals surface area contributed by atoms with Gasteiger partial charge in [0.2, 0.25) is 0 Å². The Hall–Kier alpha value is -0.430. The van der Waals surface area contributed by atoms with Crippen LogP contribution in [0.3, 0.4) is 0 Å². The lowest BCUT2D eigenvalue weighted by molar-refractivity contribution is 0.673. The first-order chi connectivity index (χ1) is 7.28. The Morgan fingerprint density at radius 1 is 1.53 bits per heavy atom. The molecule has 0 radical (unpaired) electrons. The Labute approximate surface area is 107 Å². The van der Waals surface area contributed by atoms with Gasteiger partial charge >= 0.3 is 0 Å². The highest BCUT2D eigenvalue weighted by atomic mass is 127. The van der Waals surface area contributed by atoms with E-state index in [0.717, 1.165) is 28.7 Å². The quantitative estimate of drug-likeness (QED) is 0.806. The Bertz CT molecular complexity index is 435. The highest BCUT2D eigenvalue weighted by molar-refractivity contribution is 14.1. The van der Waals surface area contributed by atoms with Gasteiger partial charge in [0.15, 0.2) is 0 Å². The van der Waals surface area contributed by atoms with Gasteiger partial charge in [-0.25, -0.2) is 4.98 Å². The Morgan fingerprint density at radius 2 is 2.40 bits per heavy atom. The lowest BCUT2D eigenvalue weighted by atomic mass is 10.3. The fraction of sp³-hybridized carbons (Fsp3) is 0.400. The maximum Gasteiger partial charge on any atom is 0.0928 e. The van der Waals surface area contributed by atoms with E-state index in [9.17, 15) is 0 Å². The van der Waals surface area contributed by atoms with Gasteiger partial charge in [-0.05, 0) is 35.4 Å². The van der Waals surface area contributed by atoms with E-state index in [1.54, 1.807) is 11.3 Å². The van der Waals surface area contributed by atoms with Crippen LogP contribution in [-0.2, 0) is 13.0 Å². The molecule has 0 saturated heterocycles. The number of hydrogen-bond donors (Lipinski definition) is 0. The Balaban J connectivity index is 2.04. The van der Waals surface area contributed by atoms with Crippen molar-refractivity contribution in [2.75, 3.05) is 0 Å². The van der Waals surface area contributed by atoms with E-state index < -0.39 is 0 Å². The summed E-state index contributed by atoms with van der Waals surface area (Å²) in [5, 5.41) is 7.60. The maximum atomic E-state index is 4.56. The minimum atomic E-state index is 0.781. The molecule has 0 aromatic carbocycles. The predicted octanol–water partition coefficient (Wildman–Crippen LogP) is 2.95. The summed E-state index contributed by atoms with van der Waals surface area (Å²) in [4.78, 5) is 4.56. The molecule has 5 heteroatoms. The number of rotatable bonds is 4. The first kappa shape index (κ1) is 11.1. The van der Waals surface area contributed by atoms with E-state index in [2.05, 4.69) is 45.0 Å². The third-order valence-electron chi connectivity index (χ3n) is 1.99. The topological polar surface area (TPSA) is 30.7 Å². The third-order valence-corrected chi connectivity index (χ3v) is 3.50. The molecular weight excluding hydrogens is 321 g/mol. The first-order valence-electron chi connectivity index (χ1n) is 4.89. The van der Waals surface area contributed by atoms with Crippen molar-refractivity contribution < 1.29 is 0 Å². The van der Waals surface area contributed by atoms with Gasteiger partial charge in [-0.3, -0.25) is 4.68 Å². The van der Waals surface area contributed by atoms with E-state index in [0.29, 0.717) is 0 Å². The van der Waals surface area contributed by atoms with Crippen LogP contribution in [0.4, 0.5) is 0 Å². The molecule has 2 aromatic rings. The fourth-order valence-corrected chi connectivity index (χ4v) is 2.68. The molecule has 2 heterocycles. The Kier molecular flexibility index (Phi) is 3.74. The molecule has 0 fully saturated rings. The largest absolute Gasteiger partial charge is 0.266 e. The molecule has 0 aliphatic rings. The summed E-state index contributed by atoms with van der Waals surface area (Å²) in [5.74, 6) is 0. The summed E-state index contributed by atoms with van der Waals surface area (Å²) in [6, 6.07) is 0. The van der Waals surface area contributed by atoms with Crippen LogP contribution in [0.1, 0.15) is 24.0 Å². The molecule has 0 atom stereocenters. The van der Waals surface area contributed by atoms with Crippen LogP contribution in [0.2, 0.25) is 0 Å². The molecule has 15 heavy (non-hydrogen) atoms. The van der Waals surface area contributed by atoms with Crippen LogP contribution in [0.15, 0.2) is 17.8 Å². The average molecular weight is 333 g/mol. The van der Waals surface area contributed by atoms with E-state index in [1.165, 1.54) is 5.01 Å². The second kappa shape index (κ2) is 5.07. The standard InChI is InChI=1S/C10H12IN3S/c1-2-3-10-13-9(7-15-10)6-14-5-8(11)4-12-14/h4-5,7H,2-3,6H2,1H3. The van der Waals surface area contributed by atoms with Crippen LogP contribution in [-0.4, -0.2) is 14.8 Å². The summed E-state index contributed by atoms with van der Waals surface area (Å²) in [5.41, 5.74) is 1.11. The maximum absolute atomic E-state index is 4.56. The van der Waals surface area contributed by atoms with Crippen LogP contribution < -0.4 is 0 Å². The second-order valence-corrected chi connectivity index (χ2v) is 5.53. The van der Waals surface area contributed by atoms with Crippen LogP contribution in [0, 0.1) is 3.57 Å². The molecule has 0 unspecified atom stereocenters. The van der Waals surface area contributed by atoms with Gasteiger partial charge in [0.1, 0.15) is 0 Å². The molecule has 0 aliphatic carbocycles. The zero-order valence-corrected chi connectivity index (χ0v) is 11.5. The lowest BCUT2D eigenvalue weighted by Gasteiger charge is -1.96. The zero-order chi connectivity index (χ0) is 10.7. The number of hydrogen-bond acceptors (Lipinski definition) is 3. The molecule has 0 saturated carbocycles. The van der Waals surface area contributed by atoms with E-state index in [-0.39, 0.29) is 0 Å². The van der Waals surface area contributed by atoms with Crippen LogP contribution in [0.25, 0.3) is 0 Å². The van der Waals surface area contributed by atoms with Gasteiger partial charge in [0.25, 0.3) is 0 Å². The van der Waals surface area contributed by atoms with Gasteiger partial charge in [0.05, 0.1) is 27.0 Å². The SMILES string of the molecule is CCCc1nc(Cn2cc(I)cn2)cs1. The summed E-state index contributed by atoms with van der Waals surface area (Å²) in [6.45, 7) is 2.96. The molecule has 80 valence electrons. The first-order valence-corrected chi connectivity index (χ1v) is 6.85. The molecule has 0 spiro atoms. The molecule has 0 N–H and O–H groups in total. The van der Waals surface area contributed by atoms with Crippen LogP contribution >= 0.6 is 33.9 Å². The van der Waals surface area contributed by atoms with E-state index in [1.807, 2.05) is 17.1 Å². The number of nitrogens with zero attached hydrogens (tertiary/aromatic N) is 3. The van der Waals surface area contributed by atoms with Gasteiger partial charge in [-0.15, -0.1) is 11.3 Å². The molecule has 0 bridgehead atoms. The Morgan fingerprint density at radius 3 is 3.07 bits per heavy atom. The molecular formula is C10H12IN3S. The van der Waals surface area contributed by atoms with Crippen molar-refractivity contribution in [1.29, 1.82) is 0 Å². The van der Waals surface area contributed by atoms with Gasteiger partial charge in [-0.2, -0.15) is 5.10 Å². The second-order valence-electron chi connectivity index (χ2n) is 3.34. The van der Waals surface area contributed by atoms with Crippen molar-refractivity contribution in [2.24, 2.45) is 0 Å². The van der Waals surface area contributed by atoms with Crippen molar-refractivity contribution in [3.8, 4) is 0 Å². The molecule has 0 aliphatic heterocycles. The van der Waals surface area contributed by atoms with E-state index >= 15 is 0 Å². The normalized spacial score (nSPS) is 10.8. The molecule has 2 rings (SSSR count). The predicted molar refractivity (Wildman–Crippen MR) is 70.2 cm³/mol. The molecule has 2 aromatic heterocycles. The highest BCUT2D eigenvalue weighted by Crippen LogP contribution is 2.13. The monoisotopic (exact) mass is 333 g/mol. The lowest BCUT2D eigenvalue weighted by Crippen LogP contribution is -2.00. The molecule has 0 amide bonds. The van der Waals surface area contributed by atoms with Crippen molar-refractivity contribution in [2.45, 2.75) is 26.3 Å². The number of thiazole rings is 1. The summed E-state index contributed by atoms with van der Waals surface area (Å²) in [6.07, 6.45) is 6.13. The van der Waals surface area contributed by atoms with Crippen molar-refractivity contribution in [1.82, 2.24) is 14.8 Å². The molecule has 3 nitrogen and oxygen atoms in total. The van der Waals surface area contributed by atoms with Gasteiger partial charge in [0, 0.05) is 11.6 Å². The van der Waals surface area contributed by atoms with Crippen molar-refractivity contribution in [3.63, 3.8) is 0 Å². The smallest absolute Gasteiger partial charge is 0.0928 e. The average Bonchev–Trinajstić information content (AvgIpc) is 2.78.